The number of rotatable bonds is 7. The Balaban J connectivity index is 1.56. The van der Waals surface area contributed by atoms with E-state index < -0.39 is 6.04 Å². The van der Waals surface area contributed by atoms with Gasteiger partial charge in [0.05, 0.1) is 24.2 Å². The van der Waals surface area contributed by atoms with Crippen LogP contribution in [0.25, 0.3) is 11.0 Å². The fourth-order valence-electron chi connectivity index (χ4n) is 3.54. The predicted octanol–water partition coefficient (Wildman–Crippen LogP) is 4.17. The molecule has 0 radical (unpaired) electrons. The van der Waals surface area contributed by atoms with E-state index in [-0.39, 0.29) is 18.4 Å². The Hall–Kier alpha value is -4.13. The van der Waals surface area contributed by atoms with Gasteiger partial charge < -0.3 is 19.9 Å². The van der Waals surface area contributed by atoms with E-state index in [9.17, 15) is 9.59 Å². The lowest BCUT2D eigenvalue weighted by Gasteiger charge is -2.16. The number of carbonyl (C=O) groups is 2. The molecule has 4 rings (SSSR count). The van der Waals surface area contributed by atoms with Crippen molar-refractivity contribution in [2.75, 3.05) is 12.4 Å². The highest BCUT2D eigenvalue weighted by Crippen LogP contribution is 2.22. The highest BCUT2D eigenvalue weighted by molar-refractivity contribution is 5.94. The van der Waals surface area contributed by atoms with E-state index >= 15 is 0 Å². The first kappa shape index (κ1) is 21.1. The molecule has 1 heterocycles. The quantitative estimate of drug-likeness (QED) is 0.463. The van der Waals surface area contributed by atoms with Crippen molar-refractivity contribution < 1.29 is 14.3 Å². The first-order valence-electron chi connectivity index (χ1n) is 10.3. The lowest BCUT2D eigenvalue weighted by Crippen LogP contribution is -2.30. The van der Waals surface area contributed by atoms with Gasteiger partial charge in [0, 0.05) is 11.3 Å². The molecule has 4 aromatic rings. The fraction of sp³-hybridized carbons (Fsp3) is 0.160. The second-order valence-electron chi connectivity index (χ2n) is 7.38. The third-order valence-electron chi connectivity index (χ3n) is 5.13. The molecule has 2 N–H and O–H groups in total. The largest absolute Gasteiger partial charge is 0.497 e. The van der Waals surface area contributed by atoms with Crippen LogP contribution >= 0.6 is 0 Å². The van der Waals surface area contributed by atoms with Gasteiger partial charge in [-0.25, -0.2) is 4.98 Å². The van der Waals surface area contributed by atoms with E-state index in [1.807, 2.05) is 54.0 Å². The number of aromatic nitrogens is 2. The molecule has 0 aliphatic carbocycles. The van der Waals surface area contributed by atoms with Crippen LogP contribution in [0.2, 0.25) is 0 Å². The van der Waals surface area contributed by atoms with Crippen molar-refractivity contribution >= 4 is 28.5 Å². The number of methoxy groups -OCH3 is 1. The van der Waals surface area contributed by atoms with E-state index in [2.05, 4.69) is 10.6 Å². The van der Waals surface area contributed by atoms with Crippen molar-refractivity contribution in [2.24, 2.45) is 0 Å². The maximum atomic E-state index is 12.8. The van der Waals surface area contributed by atoms with Crippen LogP contribution in [-0.4, -0.2) is 28.5 Å². The van der Waals surface area contributed by atoms with Gasteiger partial charge in [-0.3, -0.25) is 9.59 Å². The van der Waals surface area contributed by atoms with Crippen molar-refractivity contribution in [3.8, 4) is 5.75 Å². The van der Waals surface area contributed by atoms with Crippen LogP contribution < -0.4 is 15.4 Å². The number of fused-ring (bicyclic) bond motifs is 1. The summed E-state index contributed by atoms with van der Waals surface area (Å²) in [5.74, 6) is 0.940. The lowest BCUT2D eigenvalue weighted by atomic mass is 10.2. The lowest BCUT2D eigenvalue weighted by molar-refractivity contribution is -0.116. The number of hydrogen-bond acceptors (Lipinski definition) is 4. The van der Waals surface area contributed by atoms with E-state index in [4.69, 9.17) is 9.72 Å². The van der Waals surface area contributed by atoms with Gasteiger partial charge in [-0.15, -0.1) is 0 Å². The number of carbonyl (C=O) groups excluding carboxylic acids is 2. The molecule has 1 unspecified atom stereocenters. The molecule has 32 heavy (non-hydrogen) atoms. The smallest absolute Gasteiger partial charge is 0.251 e. The standard InChI is InChI=1S/C25H24N4O3/c1-17(26-25(31)18-8-4-3-5-9-18)24-28-21-10-6-7-11-22(21)29(24)16-23(30)27-19-12-14-20(32-2)15-13-19/h3-15,17H,16H2,1-2H3,(H,26,31)(H,27,30). The second kappa shape index (κ2) is 9.34. The highest BCUT2D eigenvalue weighted by Gasteiger charge is 2.20. The number of amides is 2. The highest BCUT2D eigenvalue weighted by atomic mass is 16.5. The Morgan fingerprint density at radius 2 is 1.66 bits per heavy atom. The summed E-state index contributed by atoms with van der Waals surface area (Å²) in [7, 11) is 1.59. The minimum Gasteiger partial charge on any atom is -0.497 e. The molecule has 0 aliphatic heterocycles. The van der Waals surface area contributed by atoms with Gasteiger partial charge in [0.25, 0.3) is 5.91 Å². The number of hydrogen-bond donors (Lipinski definition) is 2. The molecule has 0 spiro atoms. The molecule has 7 nitrogen and oxygen atoms in total. The minimum atomic E-state index is -0.399. The zero-order valence-electron chi connectivity index (χ0n) is 17.9. The number of para-hydroxylation sites is 2. The molecule has 1 aromatic heterocycles. The molecule has 0 fully saturated rings. The summed E-state index contributed by atoms with van der Waals surface area (Å²) in [5, 5.41) is 5.88. The normalized spacial score (nSPS) is 11.7. The summed E-state index contributed by atoms with van der Waals surface area (Å²) < 4.78 is 6.99. The molecular formula is C25H24N4O3. The third-order valence-corrected chi connectivity index (χ3v) is 5.13. The zero-order valence-corrected chi connectivity index (χ0v) is 17.9. The topological polar surface area (TPSA) is 85.2 Å². The summed E-state index contributed by atoms with van der Waals surface area (Å²) in [6.45, 7) is 1.92. The predicted molar refractivity (Wildman–Crippen MR) is 124 cm³/mol. The Labute approximate surface area is 186 Å². The van der Waals surface area contributed by atoms with Gasteiger partial charge >= 0.3 is 0 Å². The molecule has 1 atom stereocenters. The van der Waals surface area contributed by atoms with E-state index in [1.165, 1.54) is 0 Å². The van der Waals surface area contributed by atoms with Crippen molar-refractivity contribution in [1.29, 1.82) is 0 Å². The Morgan fingerprint density at radius 1 is 0.969 bits per heavy atom. The van der Waals surface area contributed by atoms with Gasteiger partial charge in [-0.05, 0) is 55.5 Å². The summed E-state index contributed by atoms with van der Waals surface area (Å²) >= 11 is 0. The monoisotopic (exact) mass is 428 g/mol. The molecule has 162 valence electrons. The number of nitrogens with one attached hydrogen (secondary N) is 2. The SMILES string of the molecule is COc1ccc(NC(=O)Cn2c(C(C)NC(=O)c3ccccc3)nc3ccccc32)cc1. The molecular weight excluding hydrogens is 404 g/mol. The van der Waals surface area contributed by atoms with E-state index in [0.29, 0.717) is 22.8 Å². The number of anilines is 1. The fourth-order valence-corrected chi connectivity index (χ4v) is 3.54. The van der Waals surface area contributed by atoms with E-state index in [0.717, 1.165) is 11.0 Å². The van der Waals surface area contributed by atoms with Gasteiger partial charge in [-0.1, -0.05) is 30.3 Å². The molecule has 2 amide bonds. The van der Waals surface area contributed by atoms with Crippen molar-refractivity contribution in [3.63, 3.8) is 0 Å². The van der Waals surface area contributed by atoms with Crippen LogP contribution in [0, 0.1) is 0 Å². The molecule has 0 saturated carbocycles. The maximum absolute atomic E-state index is 12.8. The summed E-state index contributed by atoms with van der Waals surface area (Å²) in [4.78, 5) is 30.1. The van der Waals surface area contributed by atoms with Gasteiger partial charge in [0.2, 0.25) is 5.91 Å². The van der Waals surface area contributed by atoms with Crippen LogP contribution in [0.4, 0.5) is 5.69 Å². The van der Waals surface area contributed by atoms with Gasteiger partial charge in [0.1, 0.15) is 18.1 Å². The molecule has 3 aromatic carbocycles. The average Bonchev–Trinajstić information content (AvgIpc) is 3.18. The summed E-state index contributed by atoms with van der Waals surface area (Å²) in [6, 6.07) is 23.4. The summed E-state index contributed by atoms with van der Waals surface area (Å²) in [5.41, 5.74) is 2.83. The Bertz CT molecular complexity index is 1230. The Kier molecular flexibility index (Phi) is 6.17. The first-order chi connectivity index (χ1) is 15.5. The van der Waals surface area contributed by atoms with Crippen molar-refractivity contribution in [3.05, 3.63) is 90.3 Å². The molecule has 0 aliphatic rings. The zero-order chi connectivity index (χ0) is 22.5. The molecule has 7 heteroatoms. The number of nitrogens with zero attached hydrogens (tertiary/aromatic N) is 2. The Morgan fingerprint density at radius 3 is 2.38 bits per heavy atom. The second-order valence-corrected chi connectivity index (χ2v) is 7.38. The van der Waals surface area contributed by atoms with Crippen molar-refractivity contribution in [1.82, 2.24) is 14.9 Å². The maximum Gasteiger partial charge on any atom is 0.251 e. The van der Waals surface area contributed by atoms with Crippen LogP contribution in [0.5, 0.6) is 5.75 Å². The third kappa shape index (κ3) is 4.62. The van der Waals surface area contributed by atoms with Crippen LogP contribution in [0.3, 0.4) is 0 Å². The van der Waals surface area contributed by atoms with Crippen molar-refractivity contribution in [2.45, 2.75) is 19.5 Å². The number of benzene rings is 3. The van der Waals surface area contributed by atoms with Gasteiger partial charge in [-0.2, -0.15) is 0 Å². The van der Waals surface area contributed by atoms with E-state index in [1.54, 1.807) is 43.5 Å². The molecule has 0 saturated heterocycles. The number of imidazole rings is 1. The van der Waals surface area contributed by atoms with Gasteiger partial charge in [0.15, 0.2) is 0 Å². The van der Waals surface area contributed by atoms with Crippen LogP contribution in [0.15, 0.2) is 78.9 Å². The average molecular weight is 428 g/mol. The van der Waals surface area contributed by atoms with Crippen LogP contribution in [0.1, 0.15) is 29.1 Å². The van der Waals surface area contributed by atoms with Crippen LogP contribution in [-0.2, 0) is 11.3 Å². The summed E-state index contributed by atoms with van der Waals surface area (Å²) in [6.07, 6.45) is 0. The minimum absolute atomic E-state index is 0.0629. The molecule has 0 bridgehead atoms. The first-order valence-corrected chi connectivity index (χ1v) is 10.3. The number of ether oxygens (including phenoxy) is 1.